The molecule has 2 heterocycles. The number of aryl methyl sites for hydroxylation is 3. The number of alkyl halides is 1. The first-order valence-corrected chi connectivity index (χ1v) is 13.6. The van der Waals surface area contributed by atoms with Crippen LogP contribution in [-0.4, -0.2) is 48.7 Å². The van der Waals surface area contributed by atoms with Crippen molar-refractivity contribution in [2.24, 2.45) is 5.92 Å². The number of halogens is 1. The molecule has 192 valence electrons. The number of phenols is 1. The molecular formula is C31H32FNO3S. The molecule has 1 N–H and O–H groups in total. The first-order valence-electron chi connectivity index (χ1n) is 12.7. The highest BCUT2D eigenvalue weighted by atomic mass is 32.1. The molecule has 1 unspecified atom stereocenters. The summed E-state index contributed by atoms with van der Waals surface area (Å²) in [5.41, 5.74) is 5.61. The summed E-state index contributed by atoms with van der Waals surface area (Å²) in [4.78, 5) is 16.8. The second-order valence-corrected chi connectivity index (χ2v) is 11.1. The number of hydrogen-bond acceptors (Lipinski definition) is 5. The molecule has 0 bridgehead atoms. The summed E-state index contributed by atoms with van der Waals surface area (Å²) in [5.74, 6) is 1.11. The molecule has 1 aliphatic heterocycles. The SMILES string of the molecule is Cc1cc(C)c(C(=O)c2sc3cc(O)ccc3c2-c2ccc(OCCN3CCC(CF)C3)cc2)c(C)c1. The van der Waals surface area contributed by atoms with E-state index in [1.165, 1.54) is 11.3 Å². The van der Waals surface area contributed by atoms with Gasteiger partial charge in [0.05, 0.1) is 11.6 Å². The molecular weight excluding hydrogens is 485 g/mol. The van der Waals surface area contributed by atoms with E-state index >= 15 is 0 Å². The van der Waals surface area contributed by atoms with Crippen molar-refractivity contribution in [3.05, 3.63) is 81.7 Å². The zero-order valence-electron chi connectivity index (χ0n) is 21.5. The Hall–Kier alpha value is -3.22. The predicted molar refractivity (Wildman–Crippen MR) is 149 cm³/mol. The van der Waals surface area contributed by atoms with E-state index in [2.05, 4.69) is 4.90 Å². The normalized spacial score (nSPS) is 15.9. The van der Waals surface area contributed by atoms with E-state index in [9.17, 15) is 14.3 Å². The Morgan fingerprint density at radius 2 is 1.81 bits per heavy atom. The number of carbonyl (C=O) groups excluding carboxylic acids is 1. The maximum Gasteiger partial charge on any atom is 0.204 e. The second-order valence-electron chi connectivity index (χ2n) is 10.1. The molecule has 0 amide bonds. The van der Waals surface area contributed by atoms with Crippen LogP contribution in [0.2, 0.25) is 0 Å². The van der Waals surface area contributed by atoms with Crippen LogP contribution in [0.4, 0.5) is 4.39 Å². The van der Waals surface area contributed by atoms with Crippen LogP contribution in [0.25, 0.3) is 21.2 Å². The lowest BCUT2D eigenvalue weighted by molar-refractivity contribution is 0.104. The van der Waals surface area contributed by atoms with Crippen LogP contribution in [-0.2, 0) is 0 Å². The minimum atomic E-state index is -0.247. The Morgan fingerprint density at radius 1 is 1.08 bits per heavy atom. The third kappa shape index (κ3) is 5.27. The van der Waals surface area contributed by atoms with Crippen LogP contribution >= 0.6 is 11.3 Å². The van der Waals surface area contributed by atoms with Gasteiger partial charge in [0.2, 0.25) is 5.78 Å². The van der Waals surface area contributed by atoms with Crippen molar-refractivity contribution in [1.82, 2.24) is 4.90 Å². The summed E-state index contributed by atoms with van der Waals surface area (Å²) < 4.78 is 19.7. The van der Waals surface area contributed by atoms with Gasteiger partial charge in [-0.2, -0.15) is 0 Å². The number of ether oxygens (including phenoxy) is 1. The Morgan fingerprint density at radius 3 is 2.49 bits per heavy atom. The zero-order valence-corrected chi connectivity index (χ0v) is 22.3. The Balaban J connectivity index is 1.43. The lowest BCUT2D eigenvalue weighted by Gasteiger charge is -2.16. The Labute approximate surface area is 221 Å². The first-order chi connectivity index (χ1) is 17.8. The number of thiophene rings is 1. The maximum atomic E-state index is 13.9. The fourth-order valence-corrected chi connectivity index (χ4v) is 6.64. The molecule has 4 nitrogen and oxygen atoms in total. The van der Waals surface area contributed by atoms with Crippen LogP contribution < -0.4 is 4.74 Å². The minimum Gasteiger partial charge on any atom is -0.508 e. The van der Waals surface area contributed by atoms with Crippen molar-refractivity contribution in [3.63, 3.8) is 0 Å². The molecule has 3 aromatic carbocycles. The van der Waals surface area contributed by atoms with Gasteiger partial charge in [0.25, 0.3) is 0 Å². The molecule has 1 atom stereocenters. The highest BCUT2D eigenvalue weighted by Gasteiger charge is 2.24. The number of carbonyl (C=O) groups is 1. The van der Waals surface area contributed by atoms with Crippen LogP contribution in [0.15, 0.2) is 54.6 Å². The number of aromatic hydroxyl groups is 1. The van der Waals surface area contributed by atoms with Gasteiger partial charge in [0.1, 0.15) is 18.1 Å². The van der Waals surface area contributed by atoms with Gasteiger partial charge in [0, 0.05) is 40.2 Å². The summed E-state index contributed by atoms with van der Waals surface area (Å²) in [7, 11) is 0. The molecule has 0 saturated carbocycles. The lowest BCUT2D eigenvalue weighted by Crippen LogP contribution is -2.26. The van der Waals surface area contributed by atoms with Gasteiger partial charge in [-0.1, -0.05) is 29.8 Å². The second kappa shape index (κ2) is 10.6. The topological polar surface area (TPSA) is 49.8 Å². The van der Waals surface area contributed by atoms with Crippen molar-refractivity contribution in [2.45, 2.75) is 27.2 Å². The van der Waals surface area contributed by atoms with E-state index in [1.807, 2.05) is 63.2 Å². The first kappa shape index (κ1) is 25.4. The molecule has 5 rings (SSSR count). The maximum absolute atomic E-state index is 13.9. The number of nitrogens with zero attached hydrogens (tertiary/aromatic N) is 1. The van der Waals surface area contributed by atoms with Gasteiger partial charge in [-0.05, 0) is 80.8 Å². The fraction of sp³-hybridized carbons (Fsp3) is 0.323. The van der Waals surface area contributed by atoms with Crippen molar-refractivity contribution < 1.29 is 19.0 Å². The van der Waals surface area contributed by atoms with E-state index in [0.29, 0.717) is 11.5 Å². The van der Waals surface area contributed by atoms with Gasteiger partial charge in [-0.15, -0.1) is 11.3 Å². The van der Waals surface area contributed by atoms with E-state index < -0.39 is 0 Å². The summed E-state index contributed by atoms with van der Waals surface area (Å²) >= 11 is 1.42. The van der Waals surface area contributed by atoms with Gasteiger partial charge < -0.3 is 9.84 Å². The van der Waals surface area contributed by atoms with Gasteiger partial charge in [-0.3, -0.25) is 14.1 Å². The molecule has 1 aromatic heterocycles. The smallest absolute Gasteiger partial charge is 0.204 e. The third-order valence-electron chi connectivity index (χ3n) is 7.19. The summed E-state index contributed by atoms with van der Waals surface area (Å²) in [5, 5.41) is 11.0. The molecule has 1 fully saturated rings. The average Bonchev–Trinajstić information content (AvgIpc) is 3.48. The number of hydrogen-bond donors (Lipinski definition) is 1. The van der Waals surface area contributed by atoms with Gasteiger partial charge in [0.15, 0.2) is 0 Å². The molecule has 0 aliphatic carbocycles. The molecule has 0 radical (unpaired) electrons. The highest BCUT2D eigenvalue weighted by Crippen LogP contribution is 2.42. The quantitative estimate of drug-likeness (QED) is 0.253. The van der Waals surface area contributed by atoms with Crippen molar-refractivity contribution in [1.29, 1.82) is 0 Å². The number of rotatable bonds is 8. The molecule has 4 aromatic rings. The van der Waals surface area contributed by atoms with E-state index in [0.717, 1.165) is 75.3 Å². The van der Waals surface area contributed by atoms with E-state index in [4.69, 9.17) is 4.74 Å². The van der Waals surface area contributed by atoms with Crippen molar-refractivity contribution in [2.75, 3.05) is 32.9 Å². The number of benzene rings is 3. The number of ketones is 1. The van der Waals surface area contributed by atoms with E-state index in [1.54, 1.807) is 12.1 Å². The monoisotopic (exact) mass is 517 g/mol. The van der Waals surface area contributed by atoms with Crippen LogP contribution in [0.5, 0.6) is 11.5 Å². The number of likely N-dealkylation sites (tertiary alicyclic amines) is 1. The summed E-state index contributed by atoms with van der Waals surface area (Å²) in [6, 6.07) is 17.2. The zero-order chi connectivity index (χ0) is 26.1. The van der Waals surface area contributed by atoms with Gasteiger partial charge in [-0.25, -0.2) is 0 Å². The fourth-order valence-electron chi connectivity index (χ4n) is 5.44. The molecule has 37 heavy (non-hydrogen) atoms. The van der Waals surface area contributed by atoms with Gasteiger partial charge >= 0.3 is 0 Å². The number of phenolic OH excluding ortho intramolecular Hbond substituents is 1. The van der Waals surface area contributed by atoms with Crippen LogP contribution in [0.3, 0.4) is 0 Å². The standard InChI is InChI=1S/C31H32FNO3S/c1-19-14-20(2)28(21(3)15-19)30(35)31-29(26-9-6-24(34)16-27(26)37-31)23-4-7-25(8-5-23)36-13-12-33-11-10-22(17-32)18-33/h4-9,14-16,22,34H,10-13,17-18H2,1-3H3. The van der Waals surface area contributed by atoms with E-state index in [-0.39, 0.29) is 24.1 Å². The third-order valence-corrected chi connectivity index (χ3v) is 8.34. The summed E-state index contributed by atoms with van der Waals surface area (Å²) in [6.07, 6.45) is 0.917. The highest BCUT2D eigenvalue weighted by molar-refractivity contribution is 7.21. The molecule has 6 heteroatoms. The average molecular weight is 518 g/mol. The summed E-state index contributed by atoms with van der Waals surface area (Å²) in [6.45, 7) is 8.82. The van der Waals surface area contributed by atoms with Crippen LogP contribution in [0, 0.1) is 26.7 Å². The molecule has 1 saturated heterocycles. The lowest BCUT2D eigenvalue weighted by atomic mass is 9.92. The van der Waals surface area contributed by atoms with Crippen molar-refractivity contribution >= 4 is 27.2 Å². The molecule has 0 spiro atoms. The predicted octanol–water partition coefficient (Wildman–Crippen LogP) is 7.10. The van der Waals surface area contributed by atoms with Crippen molar-refractivity contribution in [3.8, 4) is 22.6 Å². The minimum absolute atomic E-state index is 0.00297. The number of fused-ring (bicyclic) bond motifs is 1. The Bertz CT molecular complexity index is 1420. The largest absolute Gasteiger partial charge is 0.508 e. The Kier molecular flexibility index (Phi) is 7.31. The molecule has 1 aliphatic rings. The van der Waals surface area contributed by atoms with Crippen LogP contribution in [0.1, 0.15) is 38.3 Å².